The Morgan fingerprint density at radius 2 is 2.16 bits per heavy atom. The highest BCUT2D eigenvalue weighted by Gasteiger charge is 2.26. The zero-order valence-electron chi connectivity index (χ0n) is 12.8. The van der Waals surface area contributed by atoms with Crippen molar-refractivity contribution in [3.05, 3.63) is 0 Å². The van der Waals surface area contributed by atoms with Gasteiger partial charge in [-0.1, -0.05) is 6.92 Å². The first-order chi connectivity index (χ1) is 8.78. The normalized spacial score (nSPS) is 23.3. The summed E-state index contributed by atoms with van der Waals surface area (Å²) >= 11 is 0. The molecule has 0 aromatic rings. The van der Waals surface area contributed by atoms with Gasteiger partial charge in [-0.2, -0.15) is 0 Å². The minimum Gasteiger partial charge on any atom is -0.481 e. The third kappa shape index (κ3) is 6.92. The molecule has 0 amide bonds. The van der Waals surface area contributed by atoms with Crippen LogP contribution in [0.4, 0.5) is 0 Å². The number of piperidine rings is 1. The molecular weight excluding hydrogens is 242 g/mol. The summed E-state index contributed by atoms with van der Waals surface area (Å²) < 4.78 is 5.76. The predicted molar refractivity (Wildman–Crippen MR) is 76.3 cm³/mol. The van der Waals surface area contributed by atoms with Crippen molar-refractivity contribution in [3.63, 3.8) is 0 Å². The summed E-state index contributed by atoms with van der Waals surface area (Å²) in [5, 5.41) is 8.88. The number of carboxylic acids is 1. The predicted octanol–water partition coefficient (Wildman–Crippen LogP) is 2.62. The maximum atomic E-state index is 10.8. The van der Waals surface area contributed by atoms with Gasteiger partial charge in [-0.3, -0.25) is 4.79 Å². The lowest BCUT2D eigenvalue weighted by Crippen LogP contribution is -2.40. The number of rotatable bonds is 6. The minimum absolute atomic E-state index is 0.0776. The van der Waals surface area contributed by atoms with Crippen LogP contribution in [0.2, 0.25) is 0 Å². The largest absolute Gasteiger partial charge is 0.481 e. The maximum Gasteiger partial charge on any atom is 0.303 e. The number of hydrogen-bond donors (Lipinski definition) is 1. The molecule has 1 saturated heterocycles. The van der Waals surface area contributed by atoms with E-state index in [0.29, 0.717) is 5.92 Å². The molecule has 1 aliphatic heterocycles. The zero-order chi connectivity index (χ0) is 14.5. The molecule has 0 aliphatic carbocycles. The Kier molecular flexibility index (Phi) is 6.27. The van der Waals surface area contributed by atoms with E-state index in [9.17, 15) is 4.79 Å². The lowest BCUT2D eigenvalue weighted by molar-refractivity contribution is -0.138. The summed E-state index contributed by atoms with van der Waals surface area (Å²) in [6.07, 6.45) is 2.62. The first-order valence-corrected chi connectivity index (χ1v) is 7.36. The van der Waals surface area contributed by atoms with Crippen LogP contribution in [-0.4, -0.2) is 47.8 Å². The SMILES string of the molecule is CC(CC(=O)O)C1CCCN(CCOC(C)(C)C)C1. The number of hydrogen-bond acceptors (Lipinski definition) is 3. The first kappa shape index (κ1) is 16.4. The van der Waals surface area contributed by atoms with Crippen LogP contribution in [0, 0.1) is 11.8 Å². The van der Waals surface area contributed by atoms with E-state index in [4.69, 9.17) is 9.84 Å². The number of nitrogens with zero attached hydrogens (tertiary/aromatic N) is 1. The minimum atomic E-state index is -0.680. The molecule has 0 aromatic carbocycles. The Labute approximate surface area is 117 Å². The summed E-state index contributed by atoms with van der Waals surface area (Å²) in [4.78, 5) is 13.2. The van der Waals surface area contributed by atoms with Crippen molar-refractivity contribution >= 4 is 5.97 Å². The fourth-order valence-electron chi connectivity index (χ4n) is 2.68. The van der Waals surface area contributed by atoms with Gasteiger partial charge in [0.1, 0.15) is 0 Å². The number of ether oxygens (including phenoxy) is 1. The topological polar surface area (TPSA) is 49.8 Å². The quantitative estimate of drug-likeness (QED) is 0.807. The molecule has 0 saturated carbocycles. The van der Waals surface area contributed by atoms with E-state index in [0.717, 1.165) is 32.7 Å². The molecule has 1 heterocycles. The summed E-state index contributed by atoms with van der Waals surface area (Å²) in [5.74, 6) is 0.101. The van der Waals surface area contributed by atoms with Crippen LogP contribution >= 0.6 is 0 Å². The van der Waals surface area contributed by atoms with Crippen LogP contribution in [-0.2, 0) is 9.53 Å². The molecule has 1 rings (SSSR count). The molecule has 1 aliphatic rings. The van der Waals surface area contributed by atoms with Crippen molar-refractivity contribution in [3.8, 4) is 0 Å². The lowest BCUT2D eigenvalue weighted by Gasteiger charge is -2.35. The van der Waals surface area contributed by atoms with Gasteiger partial charge in [0.05, 0.1) is 12.2 Å². The second kappa shape index (κ2) is 7.25. The van der Waals surface area contributed by atoms with Gasteiger partial charge < -0.3 is 14.7 Å². The molecule has 0 aromatic heterocycles. The van der Waals surface area contributed by atoms with Crippen LogP contribution < -0.4 is 0 Å². The highest BCUT2D eigenvalue weighted by molar-refractivity contribution is 5.66. The molecule has 1 fully saturated rings. The van der Waals surface area contributed by atoms with Gasteiger partial charge in [0, 0.05) is 19.5 Å². The standard InChI is InChI=1S/C15H29NO3/c1-12(10-14(17)18)13-6-5-7-16(11-13)8-9-19-15(2,3)4/h12-13H,5-11H2,1-4H3,(H,17,18). The van der Waals surface area contributed by atoms with Crippen molar-refractivity contribution in [2.24, 2.45) is 11.8 Å². The molecule has 19 heavy (non-hydrogen) atoms. The first-order valence-electron chi connectivity index (χ1n) is 7.36. The molecule has 112 valence electrons. The lowest BCUT2D eigenvalue weighted by atomic mass is 9.85. The van der Waals surface area contributed by atoms with Crippen molar-refractivity contribution in [2.45, 2.75) is 52.6 Å². The third-order valence-electron chi connectivity index (χ3n) is 3.79. The number of likely N-dealkylation sites (tertiary alicyclic amines) is 1. The molecule has 2 unspecified atom stereocenters. The summed E-state index contributed by atoms with van der Waals surface area (Å²) in [6, 6.07) is 0. The maximum absolute atomic E-state index is 10.8. The molecule has 1 N–H and O–H groups in total. The van der Waals surface area contributed by atoms with Crippen LogP contribution in [0.15, 0.2) is 0 Å². The molecule has 0 spiro atoms. The fraction of sp³-hybridized carbons (Fsp3) is 0.933. The Balaban J connectivity index is 2.31. The van der Waals surface area contributed by atoms with Gasteiger partial charge in [0.15, 0.2) is 0 Å². The smallest absolute Gasteiger partial charge is 0.303 e. The van der Waals surface area contributed by atoms with Gasteiger partial charge in [-0.15, -0.1) is 0 Å². The molecule has 0 bridgehead atoms. The molecular formula is C15H29NO3. The summed E-state index contributed by atoms with van der Waals surface area (Å²) in [7, 11) is 0. The molecule has 2 atom stereocenters. The zero-order valence-corrected chi connectivity index (χ0v) is 12.8. The van der Waals surface area contributed by atoms with Crippen LogP contribution in [0.1, 0.15) is 47.0 Å². The van der Waals surface area contributed by atoms with Crippen molar-refractivity contribution in [1.29, 1.82) is 0 Å². The van der Waals surface area contributed by atoms with Crippen LogP contribution in [0.25, 0.3) is 0 Å². The molecule has 4 heteroatoms. The van der Waals surface area contributed by atoms with E-state index in [1.807, 2.05) is 0 Å². The average molecular weight is 271 g/mol. The highest BCUT2D eigenvalue weighted by atomic mass is 16.5. The van der Waals surface area contributed by atoms with Crippen molar-refractivity contribution in [1.82, 2.24) is 4.90 Å². The Bertz CT molecular complexity index is 286. The number of carbonyl (C=O) groups is 1. The fourth-order valence-corrected chi connectivity index (χ4v) is 2.68. The van der Waals surface area contributed by atoms with Crippen LogP contribution in [0.3, 0.4) is 0 Å². The van der Waals surface area contributed by atoms with Gasteiger partial charge in [0.2, 0.25) is 0 Å². The Morgan fingerprint density at radius 3 is 2.74 bits per heavy atom. The van der Waals surface area contributed by atoms with E-state index >= 15 is 0 Å². The van der Waals surface area contributed by atoms with Crippen LogP contribution in [0.5, 0.6) is 0 Å². The molecule has 4 nitrogen and oxygen atoms in total. The second-order valence-corrected chi connectivity index (χ2v) is 6.74. The van der Waals surface area contributed by atoms with Crippen molar-refractivity contribution in [2.75, 3.05) is 26.2 Å². The third-order valence-corrected chi connectivity index (χ3v) is 3.79. The van der Waals surface area contributed by atoms with E-state index in [-0.39, 0.29) is 17.9 Å². The van der Waals surface area contributed by atoms with Gasteiger partial charge in [0.25, 0.3) is 0 Å². The Hall–Kier alpha value is -0.610. The van der Waals surface area contributed by atoms with Gasteiger partial charge in [-0.25, -0.2) is 0 Å². The Morgan fingerprint density at radius 1 is 1.47 bits per heavy atom. The number of carboxylic acid groups (broad SMARTS) is 1. The second-order valence-electron chi connectivity index (χ2n) is 6.74. The molecule has 0 radical (unpaired) electrons. The number of aliphatic carboxylic acids is 1. The van der Waals surface area contributed by atoms with Gasteiger partial charge >= 0.3 is 5.97 Å². The highest BCUT2D eigenvalue weighted by Crippen LogP contribution is 2.26. The van der Waals surface area contributed by atoms with E-state index in [1.54, 1.807) is 0 Å². The monoisotopic (exact) mass is 271 g/mol. The average Bonchev–Trinajstić information content (AvgIpc) is 2.26. The summed E-state index contributed by atoms with van der Waals surface area (Å²) in [6.45, 7) is 12.1. The summed E-state index contributed by atoms with van der Waals surface area (Å²) in [5.41, 5.74) is -0.0776. The van der Waals surface area contributed by atoms with E-state index in [1.165, 1.54) is 6.42 Å². The van der Waals surface area contributed by atoms with Crippen molar-refractivity contribution < 1.29 is 14.6 Å². The van der Waals surface area contributed by atoms with Gasteiger partial charge in [-0.05, 0) is 52.0 Å². The van der Waals surface area contributed by atoms with E-state index in [2.05, 4.69) is 32.6 Å². The van der Waals surface area contributed by atoms with E-state index < -0.39 is 5.97 Å².